The molecule has 0 fully saturated rings. The minimum Gasteiger partial charge on any atom is -0.487 e. The fourth-order valence-corrected chi connectivity index (χ4v) is 2.92. The first kappa shape index (κ1) is 16.0. The SMILES string of the molecule is CCCNC(CC)c1ccccc1OCc1csc(C)n1. The molecule has 0 spiro atoms. The van der Waals surface area contributed by atoms with E-state index in [0.29, 0.717) is 12.6 Å². The number of ether oxygens (including phenoxy) is 1. The van der Waals surface area contributed by atoms with Crippen molar-refractivity contribution < 1.29 is 4.74 Å². The lowest BCUT2D eigenvalue weighted by Crippen LogP contribution is -2.22. The van der Waals surface area contributed by atoms with E-state index in [1.54, 1.807) is 11.3 Å². The summed E-state index contributed by atoms with van der Waals surface area (Å²) in [5.41, 5.74) is 2.24. The summed E-state index contributed by atoms with van der Waals surface area (Å²) in [4.78, 5) is 4.45. The molecule has 0 aliphatic rings. The summed E-state index contributed by atoms with van der Waals surface area (Å²) in [6.45, 7) is 7.97. The molecule has 0 aliphatic heterocycles. The smallest absolute Gasteiger partial charge is 0.131 e. The number of nitrogens with zero attached hydrogens (tertiary/aromatic N) is 1. The highest BCUT2D eigenvalue weighted by Gasteiger charge is 2.13. The van der Waals surface area contributed by atoms with Crippen molar-refractivity contribution >= 4 is 11.3 Å². The second-order valence-electron chi connectivity index (χ2n) is 5.10. The molecule has 0 aliphatic carbocycles. The molecule has 3 nitrogen and oxygen atoms in total. The summed E-state index contributed by atoms with van der Waals surface area (Å²) in [5, 5.41) is 6.73. The highest BCUT2D eigenvalue weighted by atomic mass is 32.1. The van der Waals surface area contributed by atoms with Crippen molar-refractivity contribution in [3.05, 3.63) is 45.9 Å². The minimum atomic E-state index is 0.346. The maximum atomic E-state index is 6.00. The maximum absolute atomic E-state index is 6.00. The lowest BCUT2D eigenvalue weighted by molar-refractivity contribution is 0.294. The number of para-hydroxylation sites is 1. The van der Waals surface area contributed by atoms with Gasteiger partial charge < -0.3 is 10.1 Å². The van der Waals surface area contributed by atoms with Crippen LogP contribution in [-0.2, 0) is 6.61 Å². The van der Waals surface area contributed by atoms with Crippen molar-refractivity contribution in [3.8, 4) is 5.75 Å². The molecule has 2 aromatic rings. The zero-order valence-corrected chi connectivity index (χ0v) is 13.9. The Morgan fingerprint density at radius 2 is 2.10 bits per heavy atom. The molecule has 0 saturated heterocycles. The van der Waals surface area contributed by atoms with Crippen LogP contribution in [0.4, 0.5) is 0 Å². The van der Waals surface area contributed by atoms with Crippen molar-refractivity contribution in [2.45, 2.75) is 46.3 Å². The number of rotatable bonds is 8. The first-order valence-electron chi connectivity index (χ1n) is 7.60. The van der Waals surface area contributed by atoms with Crippen LogP contribution in [0.1, 0.15) is 49.0 Å². The summed E-state index contributed by atoms with van der Waals surface area (Å²) in [5.74, 6) is 0.957. The van der Waals surface area contributed by atoms with E-state index >= 15 is 0 Å². The molecule has 1 aromatic heterocycles. The fraction of sp³-hybridized carbons (Fsp3) is 0.471. The van der Waals surface area contributed by atoms with Gasteiger partial charge in [0.15, 0.2) is 0 Å². The van der Waals surface area contributed by atoms with E-state index in [2.05, 4.69) is 41.7 Å². The Kier molecular flexibility index (Phi) is 6.21. The summed E-state index contributed by atoms with van der Waals surface area (Å²) in [7, 11) is 0. The molecule has 0 radical (unpaired) electrons. The van der Waals surface area contributed by atoms with E-state index < -0.39 is 0 Å². The topological polar surface area (TPSA) is 34.1 Å². The van der Waals surface area contributed by atoms with Gasteiger partial charge in [0.1, 0.15) is 12.4 Å². The van der Waals surface area contributed by atoms with Crippen LogP contribution in [0.25, 0.3) is 0 Å². The van der Waals surface area contributed by atoms with Crippen LogP contribution < -0.4 is 10.1 Å². The number of hydrogen-bond donors (Lipinski definition) is 1. The normalized spacial score (nSPS) is 12.3. The van der Waals surface area contributed by atoms with Gasteiger partial charge in [0.2, 0.25) is 0 Å². The number of benzene rings is 1. The quantitative estimate of drug-likeness (QED) is 0.780. The third kappa shape index (κ3) is 4.55. The van der Waals surface area contributed by atoms with Crippen LogP contribution in [-0.4, -0.2) is 11.5 Å². The lowest BCUT2D eigenvalue weighted by Gasteiger charge is -2.20. The van der Waals surface area contributed by atoms with E-state index in [-0.39, 0.29) is 0 Å². The van der Waals surface area contributed by atoms with Gasteiger partial charge in [-0.05, 0) is 32.4 Å². The van der Waals surface area contributed by atoms with Crippen LogP contribution in [0.5, 0.6) is 5.75 Å². The van der Waals surface area contributed by atoms with Crippen molar-refractivity contribution in [3.63, 3.8) is 0 Å². The molecule has 1 aromatic carbocycles. The molecule has 0 amide bonds. The summed E-state index contributed by atoms with van der Waals surface area (Å²) < 4.78 is 6.00. The Bertz CT molecular complexity index is 553. The van der Waals surface area contributed by atoms with Gasteiger partial charge in [-0.2, -0.15) is 0 Å². The molecule has 4 heteroatoms. The van der Waals surface area contributed by atoms with E-state index in [1.807, 2.05) is 19.1 Å². The Balaban J connectivity index is 2.08. The molecule has 0 saturated carbocycles. The molecule has 1 N–H and O–H groups in total. The lowest BCUT2D eigenvalue weighted by atomic mass is 10.0. The predicted octanol–water partition coefficient (Wildman–Crippen LogP) is 4.48. The Morgan fingerprint density at radius 3 is 2.76 bits per heavy atom. The van der Waals surface area contributed by atoms with Crippen molar-refractivity contribution in [1.29, 1.82) is 0 Å². The molecular formula is C17H24N2OS. The monoisotopic (exact) mass is 304 g/mol. The van der Waals surface area contributed by atoms with Gasteiger partial charge in [0.25, 0.3) is 0 Å². The van der Waals surface area contributed by atoms with Gasteiger partial charge >= 0.3 is 0 Å². The van der Waals surface area contributed by atoms with Crippen LogP contribution in [0, 0.1) is 6.92 Å². The third-order valence-electron chi connectivity index (χ3n) is 3.39. The minimum absolute atomic E-state index is 0.346. The highest BCUT2D eigenvalue weighted by molar-refractivity contribution is 7.09. The van der Waals surface area contributed by atoms with Crippen LogP contribution in [0.15, 0.2) is 29.6 Å². The number of hydrogen-bond acceptors (Lipinski definition) is 4. The number of nitrogens with one attached hydrogen (secondary N) is 1. The average Bonchev–Trinajstić information content (AvgIpc) is 2.92. The van der Waals surface area contributed by atoms with E-state index in [1.165, 1.54) is 5.56 Å². The first-order valence-corrected chi connectivity index (χ1v) is 8.48. The molecule has 2 rings (SSSR count). The Hall–Kier alpha value is -1.39. The van der Waals surface area contributed by atoms with E-state index in [0.717, 1.165) is 35.8 Å². The molecular weight excluding hydrogens is 280 g/mol. The Morgan fingerprint density at radius 1 is 1.29 bits per heavy atom. The van der Waals surface area contributed by atoms with Gasteiger partial charge in [-0.15, -0.1) is 11.3 Å². The van der Waals surface area contributed by atoms with Gasteiger partial charge in [-0.1, -0.05) is 32.0 Å². The van der Waals surface area contributed by atoms with Gasteiger partial charge in [0.05, 0.1) is 10.7 Å². The summed E-state index contributed by atoms with van der Waals surface area (Å²) in [6, 6.07) is 8.64. The molecule has 1 unspecified atom stereocenters. The summed E-state index contributed by atoms with van der Waals surface area (Å²) >= 11 is 1.66. The van der Waals surface area contributed by atoms with Crippen LogP contribution in [0.3, 0.4) is 0 Å². The second-order valence-corrected chi connectivity index (χ2v) is 6.16. The highest BCUT2D eigenvalue weighted by Crippen LogP contribution is 2.28. The number of aryl methyl sites for hydroxylation is 1. The number of thiazole rings is 1. The van der Waals surface area contributed by atoms with Crippen molar-refractivity contribution in [2.75, 3.05) is 6.54 Å². The third-order valence-corrected chi connectivity index (χ3v) is 4.21. The average molecular weight is 304 g/mol. The largest absolute Gasteiger partial charge is 0.487 e. The molecule has 1 atom stereocenters. The standard InChI is InChI=1S/C17H24N2OS/c1-4-10-18-16(5-2)15-8-6-7-9-17(15)20-11-14-12-21-13(3)19-14/h6-9,12,16,18H,4-5,10-11H2,1-3H3. The van der Waals surface area contributed by atoms with Gasteiger partial charge in [-0.25, -0.2) is 4.98 Å². The Labute approximate surface area is 131 Å². The predicted molar refractivity (Wildman–Crippen MR) is 89.0 cm³/mol. The summed E-state index contributed by atoms with van der Waals surface area (Å²) in [6.07, 6.45) is 2.19. The van der Waals surface area contributed by atoms with Crippen molar-refractivity contribution in [1.82, 2.24) is 10.3 Å². The molecule has 0 bridgehead atoms. The molecule has 21 heavy (non-hydrogen) atoms. The zero-order chi connectivity index (χ0) is 15.1. The van der Waals surface area contributed by atoms with E-state index in [4.69, 9.17) is 4.74 Å². The van der Waals surface area contributed by atoms with Crippen molar-refractivity contribution in [2.24, 2.45) is 0 Å². The van der Waals surface area contributed by atoms with Gasteiger partial charge in [0, 0.05) is 17.0 Å². The van der Waals surface area contributed by atoms with Crippen LogP contribution >= 0.6 is 11.3 Å². The molecule has 114 valence electrons. The fourth-order valence-electron chi connectivity index (χ4n) is 2.32. The number of aromatic nitrogens is 1. The van der Waals surface area contributed by atoms with E-state index in [9.17, 15) is 0 Å². The van der Waals surface area contributed by atoms with Crippen LogP contribution in [0.2, 0.25) is 0 Å². The maximum Gasteiger partial charge on any atom is 0.131 e. The molecule has 1 heterocycles. The zero-order valence-electron chi connectivity index (χ0n) is 13.1. The van der Waals surface area contributed by atoms with Gasteiger partial charge in [-0.3, -0.25) is 0 Å². The first-order chi connectivity index (χ1) is 10.2. The second kappa shape index (κ2) is 8.15.